The number of hydrogen-bond donors (Lipinski definition) is 0. The molecule has 0 aliphatic rings. The van der Waals surface area contributed by atoms with E-state index in [1.807, 2.05) is 0 Å². The summed E-state index contributed by atoms with van der Waals surface area (Å²) in [5.74, 6) is 0. The molecule has 1 radical (unpaired) electrons. The van der Waals surface area contributed by atoms with Crippen molar-refractivity contribution in [2.24, 2.45) is 0 Å². The van der Waals surface area contributed by atoms with Gasteiger partial charge in [0.2, 0.25) is 6.29 Å². The Morgan fingerprint density at radius 3 is 0.725 bits per heavy atom. The summed E-state index contributed by atoms with van der Waals surface area (Å²) in [5, 5.41) is 0. The predicted octanol–water partition coefficient (Wildman–Crippen LogP) is 12.9. The summed E-state index contributed by atoms with van der Waals surface area (Å²) in [5.41, 5.74) is 0. The predicted molar refractivity (Wildman–Crippen MR) is 181 cm³/mol. The van der Waals surface area contributed by atoms with Gasteiger partial charge in [0.1, 0.15) is 0 Å². The minimum atomic E-state index is 0.511. The average Bonchev–Trinajstić information content (AvgIpc) is 2.96. The lowest BCUT2D eigenvalue weighted by Gasteiger charge is -2.19. The Morgan fingerprint density at radius 1 is 0.325 bits per heavy atom. The molecule has 0 N–H and O–H groups in total. The lowest BCUT2D eigenvalue weighted by molar-refractivity contribution is 0.289. The van der Waals surface area contributed by atoms with Crippen molar-refractivity contribution in [3.63, 3.8) is 0 Å². The summed E-state index contributed by atoms with van der Waals surface area (Å²) in [6.07, 6.45) is 47.4. The molecule has 0 atom stereocenters. The van der Waals surface area contributed by atoms with Gasteiger partial charge in [-0.1, -0.05) is 206 Å². The van der Waals surface area contributed by atoms with E-state index in [1.165, 1.54) is 205 Å². The van der Waals surface area contributed by atoms with E-state index in [1.54, 1.807) is 0 Å². The zero-order chi connectivity index (χ0) is 29.0. The van der Waals surface area contributed by atoms with Crippen molar-refractivity contribution in [2.45, 2.75) is 219 Å². The molecule has 239 valence electrons. The van der Waals surface area contributed by atoms with E-state index in [2.05, 4.69) is 25.0 Å². The van der Waals surface area contributed by atoms with Gasteiger partial charge in [0.15, 0.2) is 0 Å². The minimum absolute atomic E-state index is 0.511. The van der Waals surface area contributed by atoms with Crippen molar-refractivity contribution in [2.75, 3.05) is 19.6 Å². The molecule has 2 heteroatoms. The van der Waals surface area contributed by atoms with Gasteiger partial charge in [-0.25, -0.2) is 0 Å². The van der Waals surface area contributed by atoms with Crippen LogP contribution in [-0.2, 0) is 4.79 Å². The molecule has 0 aliphatic heterocycles. The number of rotatable bonds is 36. The summed E-state index contributed by atoms with van der Waals surface area (Å²) in [6, 6.07) is 0. The Hall–Kier alpha value is -0.370. The summed E-state index contributed by atoms with van der Waals surface area (Å²) in [6.45, 7) is 7.29. The molecule has 0 heterocycles. The molecule has 0 rings (SSSR count). The second-order valence-electron chi connectivity index (χ2n) is 13.0. The molecule has 0 spiro atoms. The maximum atomic E-state index is 11.0. The second-order valence-corrected chi connectivity index (χ2v) is 13.0. The van der Waals surface area contributed by atoms with Crippen molar-refractivity contribution in [3.05, 3.63) is 0 Å². The Kier molecular flexibility index (Phi) is 36.3. The van der Waals surface area contributed by atoms with Crippen LogP contribution in [0.25, 0.3) is 0 Å². The van der Waals surface area contributed by atoms with E-state index in [0.717, 1.165) is 13.1 Å². The Labute approximate surface area is 254 Å². The minimum Gasteiger partial charge on any atom is -0.296 e. The fraction of sp³-hybridized carbons (Fsp3) is 0.974. The van der Waals surface area contributed by atoms with Crippen LogP contribution in [0, 0.1) is 0 Å². The third-order valence-corrected chi connectivity index (χ3v) is 8.94. The molecule has 0 bridgehead atoms. The third kappa shape index (κ3) is 33.8. The molecule has 2 nitrogen and oxygen atoms in total. The fourth-order valence-corrected chi connectivity index (χ4v) is 6.13. The standard InChI is InChI=1S/C38H76NO/c1-3-5-7-9-11-13-15-17-19-21-23-25-27-29-31-33-35-39(37-38-40)36-34-32-30-28-26-24-22-20-18-16-14-12-10-8-6-4-2/h3-37H2,1-2H3. The van der Waals surface area contributed by atoms with Crippen LogP contribution in [0.2, 0.25) is 0 Å². The summed E-state index contributed by atoms with van der Waals surface area (Å²) >= 11 is 0. The quantitative estimate of drug-likeness (QED) is 0.0708. The van der Waals surface area contributed by atoms with Crippen molar-refractivity contribution >= 4 is 6.29 Å². The highest BCUT2D eigenvalue weighted by molar-refractivity contribution is 5.52. The molecule has 0 fully saturated rings. The zero-order valence-electron chi connectivity index (χ0n) is 28.1. The van der Waals surface area contributed by atoms with E-state index in [0.29, 0.717) is 6.54 Å². The number of nitrogens with zero attached hydrogens (tertiary/aromatic N) is 1. The van der Waals surface area contributed by atoms with Crippen LogP contribution in [0.3, 0.4) is 0 Å². The SMILES string of the molecule is CCCCCCCCCCCCCCCCCCN(C[C]=O)CCCCCCCCCCCCCCCCCC. The first-order valence-electron chi connectivity index (χ1n) is 18.9. The van der Waals surface area contributed by atoms with E-state index >= 15 is 0 Å². The lowest BCUT2D eigenvalue weighted by Crippen LogP contribution is -2.28. The molecule has 0 aromatic heterocycles. The van der Waals surface area contributed by atoms with Gasteiger partial charge in [-0.15, -0.1) is 0 Å². The van der Waals surface area contributed by atoms with E-state index in [9.17, 15) is 4.79 Å². The maximum absolute atomic E-state index is 11.0. The third-order valence-electron chi connectivity index (χ3n) is 8.94. The molecule has 0 saturated heterocycles. The Morgan fingerprint density at radius 2 is 0.525 bits per heavy atom. The molecule has 0 amide bonds. The molecule has 0 aliphatic carbocycles. The number of unbranched alkanes of at least 4 members (excludes halogenated alkanes) is 30. The van der Waals surface area contributed by atoms with Crippen LogP contribution in [0.1, 0.15) is 219 Å². The maximum Gasteiger partial charge on any atom is 0.213 e. The Balaban J connectivity index is 3.36. The highest BCUT2D eigenvalue weighted by Gasteiger charge is 2.04. The molecule has 0 aromatic rings. The van der Waals surface area contributed by atoms with Gasteiger partial charge >= 0.3 is 0 Å². The highest BCUT2D eigenvalue weighted by atomic mass is 16.1. The smallest absolute Gasteiger partial charge is 0.213 e. The highest BCUT2D eigenvalue weighted by Crippen LogP contribution is 2.15. The lowest BCUT2D eigenvalue weighted by atomic mass is 10.0. The van der Waals surface area contributed by atoms with Crippen LogP contribution >= 0.6 is 0 Å². The van der Waals surface area contributed by atoms with Crippen molar-refractivity contribution < 1.29 is 4.79 Å². The second kappa shape index (κ2) is 36.7. The van der Waals surface area contributed by atoms with Crippen molar-refractivity contribution in [1.82, 2.24) is 4.90 Å². The largest absolute Gasteiger partial charge is 0.296 e. The van der Waals surface area contributed by atoms with Crippen LogP contribution in [0.15, 0.2) is 0 Å². The zero-order valence-corrected chi connectivity index (χ0v) is 28.1. The summed E-state index contributed by atoms with van der Waals surface area (Å²) in [4.78, 5) is 13.3. The van der Waals surface area contributed by atoms with Crippen molar-refractivity contribution in [3.8, 4) is 0 Å². The van der Waals surface area contributed by atoms with Gasteiger partial charge in [0.05, 0.1) is 6.54 Å². The van der Waals surface area contributed by atoms with E-state index in [4.69, 9.17) is 0 Å². The first kappa shape index (κ1) is 39.6. The molecule has 0 aromatic carbocycles. The summed E-state index contributed by atoms with van der Waals surface area (Å²) < 4.78 is 0. The topological polar surface area (TPSA) is 20.3 Å². The van der Waals surface area contributed by atoms with Crippen LogP contribution in [0.4, 0.5) is 0 Å². The number of carbonyl (C=O) groups excluding carboxylic acids is 1. The van der Waals surface area contributed by atoms with Crippen LogP contribution in [-0.4, -0.2) is 30.8 Å². The fourth-order valence-electron chi connectivity index (χ4n) is 6.13. The Bertz CT molecular complexity index is 415. The average molecular weight is 563 g/mol. The normalized spacial score (nSPS) is 11.6. The molecule has 0 unspecified atom stereocenters. The van der Waals surface area contributed by atoms with Gasteiger partial charge in [0, 0.05) is 0 Å². The van der Waals surface area contributed by atoms with E-state index < -0.39 is 0 Å². The molecular formula is C38H76NO. The van der Waals surface area contributed by atoms with Gasteiger partial charge in [-0.3, -0.25) is 9.69 Å². The first-order chi connectivity index (χ1) is 19.8. The van der Waals surface area contributed by atoms with Crippen molar-refractivity contribution in [1.29, 1.82) is 0 Å². The van der Waals surface area contributed by atoms with Crippen LogP contribution in [0.5, 0.6) is 0 Å². The van der Waals surface area contributed by atoms with E-state index in [-0.39, 0.29) is 0 Å². The van der Waals surface area contributed by atoms with Gasteiger partial charge < -0.3 is 0 Å². The summed E-state index contributed by atoms with van der Waals surface area (Å²) in [7, 11) is 0. The monoisotopic (exact) mass is 563 g/mol. The number of hydrogen-bond acceptors (Lipinski definition) is 2. The van der Waals surface area contributed by atoms with Gasteiger partial charge in [-0.05, 0) is 25.9 Å². The molecule has 0 saturated carbocycles. The first-order valence-corrected chi connectivity index (χ1v) is 18.9. The molecular weight excluding hydrogens is 486 g/mol. The molecule has 40 heavy (non-hydrogen) atoms. The van der Waals surface area contributed by atoms with Gasteiger partial charge in [0.25, 0.3) is 0 Å². The van der Waals surface area contributed by atoms with Gasteiger partial charge in [-0.2, -0.15) is 0 Å². The van der Waals surface area contributed by atoms with Crippen LogP contribution < -0.4 is 0 Å².